The molecule has 0 aliphatic heterocycles. The molecule has 94 valence electrons. The van der Waals surface area contributed by atoms with Gasteiger partial charge in [-0.15, -0.1) is 11.6 Å². The Morgan fingerprint density at radius 2 is 2.00 bits per heavy atom. The molecule has 4 heteroatoms. The number of hydrogen-bond donors (Lipinski definition) is 0. The van der Waals surface area contributed by atoms with E-state index in [0.29, 0.717) is 11.8 Å². The van der Waals surface area contributed by atoms with Gasteiger partial charge in [0.15, 0.2) is 0 Å². The SMILES string of the molecule is Cc1ccc(Br)cc1Oc1ccc(CCl)c(C)n1. The fourth-order valence-corrected chi connectivity index (χ4v) is 2.18. The topological polar surface area (TPSA) is 22.1 Å². The van der Waals surface area contributed by atoms with Crippen molar-refractivity contribution >= 4 is 27.5 Å². The summed E-state index contributed by atoms with van der Waals surface area (Å²) in [6, 6.07) is 9.70. The zero-order chi connectivity index (χ0) is 13.1. The van der Waals surface area contributed by atoms with Gasteiger partial charge in [0.2, 0.25) is 5.88 Å². The van der Waals surface area contributed by atoms with Gasteiger partial charge in [0, 0.05) is 22.1 Å². The van der Waals surface area contributed by atoms with E-state index in [0.717, 1.165) is 27.0 Å². The molecule has 0 saturated carbocycles. The zero-order valence-electron chi connectivity index (χ0n) is 10.2. The van der Waals surface area contributed by atoms with Gasteiger partial charge in [0.1, 0.15) is 5.75 Å². The summed E-state index contributed by atoms with van der Waals surface area (Å²) >= 11 is 9.23. The lowest BCUT2D eigenvalue weighted by Gasteiger charge is -2.10. The molecule has 2 aromatic rings. The first-order valence-electron chi connectivity index (χ1n) is 5.56. The third-order valence-corrected chi connectivity index (χ3v) is 3.46. The van der Waals surface area contributed by atoms with Crippen molar-refractivity contribution in [3.05, 3.63) is 51.6 Å². The van der Waals surface area contributed by atoms with Crippen LogP contribution in [-0.2, 0) is 5.88 Å². The Labute approximate surface area is 120 Å². The number of aryl methyl sites for hydroxylation is 2. The fraction of sp³-hybridized carbons (Fsp3) is 0.214. The van der Waals surface area contributed by atoms with Crippen LogP contribution in [0.15, 0.2) is 34.8 Å². The number of aromatic nitrogens is 1. The van der Waals surface area contributed by atoms with Gasteiger partial charge in [0.25, 0.3) is 0 Å². The predicted octanol–water partition coefficient (Wildman–Crippen LogP) is 4.99. The summed E-state index contributed by atoms with van der Waals surface area (Å²) in [4.78, 5) is 4.39. The van der Waals surface area contributed by atoms with E-state index in [-0.39, 0.29) is 0 Å². The van der Waals surface area contributed by atoms with Crippen molar-refractivity contribution in [1.82, 2.24) is 4.98 Å². The lowest BCUT2D eigenvalue weighted by molar-refractivity contribution is 0.457. The van der Waals surface area contributed by atoms with Crippen LogP contribution in [0.4, 0.5) is 0 Å². The Morgan fingerprint density at radius 3 is 2.67 bits per heavy atom. The third kappa shape index (κ3) is 3.03. The molecule has 0 N–H and O–H groups in total. The fourth-order valence-electron chi connectivity index (χ4n) is 1.56. The largest absolute Gasteiger partial charge is 0.439 e. The molecule has 0 unspecified atom stereocenters. The second-order valence-electron chi connectivity index (χ2n) is 4.04. The number of halogens is 2. The van der Waals surface area contributed by atoms with Crippen LogP contribution in [-0.4, -0.2) is 4.98 Å². The number of pyridine rings is 1. The van der Waals surface area contributed by atoms with Crippen LogP contribution in [0, 0.1) is 13.8 Å². The highest BCUT2D eigenvalue weighted by Crippen LogP contribution is 2.27. The molecule has 0 bridgehead atoms. The van der Waals surface area contributed by atoms with E-state index in [1.807, 2.05) is 44.2 Å². The lowest BCUT2D eigenvalue weighted by Crippen LogP contribution is -1.95. The van der Waals surface area contributed by atoms with E-state index in [2.05, 4.69) is 20.9 Å². The molecule has 0 spiro atoms. The van der Waals surface area contributed by atoms with Crippen molar-refractivity contribution < 1.29 is 4.74 Å². The molecule has 0 aliphatic carbocycles. The van der Waals surface area contributed by atoms with Crippen LogP contribution < -0.4 is 4.74 Å². The Morgan fingerprint density at radius 1 is 1.22 bits per heavy atom. The molecule has 18 heavy (non-hydrogen) atoms. The molecule has 0 radical (unpaired) electrons. The van der Waals surface area contributed by atoms with Crippen molar-refractivity contribution in [2.75, 3.05) is 0 Å². The van der Waals surface area contributed by atoms with E-state index >= 15 is 0 Å². The highest BCUT2D eigenvalue weighted by atomic mass is 79.9. The first kappa shape index (κ1) is 13.4. The Balaban J connectivity index is 2.28. The number of hydrogen-bond acceptors (Lipinski definition) is 2. The summed E-state index contributed by atoms with van der Waals surface area (Å²) in [7, 11) is 0. The summed E-state index contributed by atoms with van der Waals surface area (Å²) in [5, 5.41) is 0. The normalized spacial score (nSPS) is 10.4. The summed E-state index contributed by atoms with van der Waals surface area (Å²) in [6.45, 7) is 3.93. The molecule has 2 rings (SSSR count). The molecule has 0 fully saturated rings. The predicted molar refractivity (Wildman–Crippen MR) is 77.5 cm³/mol. The van der Waals surface area contributed by atoms with Crippen molar-refractivity contribution in [2.45, 2.75) is 19.7 Å². The average Bonchev–Trinajstić information content (AvgIpc) is 2.34. The van der Waals surface area contributed by atoms with Crippen molar-refractivity contribution in [3.8, 4) is 11.6 Å². The van der Waals surface area contributed by atoms with Crippen LogP contribution in [0.3, 0.4) is 0 Å². The molecule has 0 atom stereocenters. The number of alkyl halides is 1. The minimum Gasteiger partial charge on any atom is -0.439 e. The number of ether oxygens (including phenoxy) is 1. The second-order valence-corrected chi connectivity index (χ2v) is 5.22. The lowest BCUT2D eigenvalue weighted by atomic mass is 10.2. The number of benzene rings is 1. The summed E-state index contributed by atoms with van der Waals surface area (Å²) in [5.41, 5.74) is 2.99. The maximum atomic E-state index is 5.80. The molecule has 0 saturated heterocycles. The molecule has 1 heterocycles. The first-order valence-corrected chi connectivity index (χ1v) is 6.89. The van der Waals surface area contributed by atoms with Gasteiger partial charge in [-0.3, -0.25) is 0 Å². The Bertz CT molecular complexity index is 572. The quantitative estimate of drug-likeness (QED) is 0.741. The van der Waals surface area contributed by atoms with Gasteiger partial charge < -0.3 is 4.74 Å². The van der Waals surface area contributed by atoms with Gasteiger partial charge >= 0.3 is 0 Å². The molecular weight excluding hydrogens is 314 g/mol. The minimum atomic E-state index is 0.467. The summed E-state index contributed by atoms with van der Waals surface area (Å²) in [6.07, 6.45) is 0. The molecule has 0 aliphatic rings. The van der Waals surface area contributed by atoms with E-state index in [4.69, 9.17) is 16.3 Å². The Hall–Kier alpha value is -1.06. The maximum absolute atomic E-state index is 5.80. The van der Waals surface area contributed by atoms with E-state index in [1.54, 1.807) is 0 Å². The molecular formula is C14H13BrClNO. The number of nitrogens with zero attached hydrogens (tertiary/aromatic N) is 1. The van der Waals surface area contributed by atoms with Crippen LogP contribution in [0.25, 0.3) is 0 Å². The van der Waals surface area contributed by atoms with Crippen LogP contribution >= 0.6 is 27.5 Å². The van der Waals surface area contributed by atoms with E-state index < -0.39 is 0 Å². The van der Waals surface area contributed by atoms with Crippen molar-refractivity contribution in [1.29, 1.82) is 0 Å². The van der Waals surface area contributed by atoms with Gasteiger partial charge in [-0.05, 0) is 37.1 Å². The molecule has 0 amide bonds. The zero-order valence-corrected chi connectivity index (χ0v) is 12.5. The van der Waals surface area contributed by atoms with E-state index in [1.165, 1.54) is 0 Å². The van der Waals surface area contributed by atoms with Crippen LogP contribution in [0.1, 0.15) is 16.8 Å². The monoisotopic (exact) mass is 325 g/mol. The third-order valence-electron chi connectivity index (χ3n) is 2.68. The Kier molecular flexibility index (Phi) is 4.25. The average molecular weight is 327 g/mol. The first-order chi connectivity index (χ1) is 8.60. The highest BCUT2D eigenvalue weighted by Gasteiger charge is 2.05. The molecule has 1 aromatic carbocycles. The number of rotatable bonds is 3. The van der Waals surface area contributed by atoms with Crippen LogP contribution in [0.5, 0.6) is 11.6 Å². The van der Waals surface area contributed by atoms with Gasteiger partial charge in [-0.2, -0.15) is 0 Å². The highest BCUT2D eigenvalue weighted by molar-refractivity contribution is 9.10. The smallest absolute Gasteiger partial charge is 0.219 e. The second kappa shape index (κ2) is 5.72. The van der Waals surface area contributed by atoms with Crippen molar-refractivity contribution in [2.24, 2.45) is 0 Å². The molecule has 1 aromatic heterocycles. The standard InChI is InChI=1S/C14H13BrClNO/c1-9-3-5-12(15)7-13(9)18-14-6-4-11(8-16)10(2)17-14/h3-7H,8H2,1-2H3. The maximum Gasteiger partial charge on any atom is 0.219 e. The summed E-state index contributed by atoms with van der Waals surface area (Å²) < 4.78 is 6.77. The van der Waals surface area contributed by atoms with Crippen LogP contribution in [0.2, 0.25) is 0 Å². The van der Waals surface area contributed by atoms with Gasteiger partial charge in [-0.1, -0.05) is 28.1 Å². The summed E-state index contributed by atoms with van der Waals surface area (Å²) in [5.74, 6) is 1.85. The van der Waals surface area contributed by atoms with Gasteiger partial charge in [0.05, 0.1) is 0 Å². The molecule has 2 nitrogen and oxygen atoms in total. The van der Waals surface area contributed by atoms with E-state index in [9.17, 15) is 0 Å². The minimum absolute atomic E-state index is 0.467. The van der Waals surface area contributed by atoms with Gasteiger partial charge in [-0.25, -0.2) is 4.98 Å². The van der Waals surface area contributed by atoms with Crippen molar-refractivity contribution in [3.63, 3.8) is 0 Å².